The van der Waals surface area contributed by atoms with E-state index >= 15 is 0 Å². The molecule has 0 aromatic rings. The molecule has 0 aromatic heterocycles. The number of likely N-dealkylation sites (tertiary alicyclic amines) is 1. The molecule has 4 fully saturated rings. The van der Waals surface area contributed by atoms with E-state index in [4.69, 9.17) is 4.74 Å². The number of carbonyl (C=O) groups excluding carboxylic acids is 4. The number of urea groups is 1. The summed E-state index contributed by atoms with van der Waals surface area (Å²) < 4.78 is 5.48. The molecule has 0 spiro atoms. The largest absolute Gasteiger partial charge is 0.464 e. The first-order valence-electron chi connectivity index (χ1n) is 14.6. The maximum atomic E-state index is 13.0. The summed E-state index contributed by atoms with van der Waals surface area (Å²) in [5, 5.41) is 0. The van der Waals surface area contributed by atoms with Crippen LogP contribution in [0.25, 0.3) is 0 Å². The number of rotatable bonds is 9. The number of ether oxygens (including phenoxy) is 1. The lowest BCUT2D eigenvalue weighted by atomic mass is 9.85. The lowest BCUT2D eigenvalue weighted by molar-refractivity contribution is -0.164. The predicted octanol–water partition coefficient (Wildman–Crippen LogP) is 4.51. The number of β-lactam (4-membered cyclic amide) rings is 1. The molecule has 1 atom stereocenters. The Morgan fingerprint density at radius 3 is 2.00 bits per heavy atom. The molecule has 0 aromatic carbocycles. The Balaban J connectivity index is 1.12. The van der Waals surface area contributed by atoms with Crippen molar-refractivity contribution in [2.45, 2.75) is 109 Å². The minimum atomic E-state index is -0.804. The van der Waals surface area contributed by atoms with Crippen LogP contribution in [0.2, 0.25) is 0 Å². The summed E-state index contributed by atoms with van der Waals surface area (Å²) in [7, 11) is 0. The molecule has 4 rings (SSSR count). The normalized spacial score (nSPS) is 23.9. The van der Waals surface area contributed by atoms with Crippen LogP contribution in [-0.2, 0) is 19.1 Å². The number of hydrogen-bond acceptors (Lipinski definition) is 5. The number of nitrogens with zero attached hydrogens (tertiary/aromatic N) is 3. The molecule has 2 heterocycles. The summed E-state index contributed by atoms with van der Waals surface area (Å²) in [5.41, 5.74) is 0. The molecule has 2 saturated heterocycles. The highest BCUT2D eigenvalue weighted by Gasteiger charge is 2.48. The average molecular weight is 504 g/mol. The Bertz CT molecular complexity index is 767. The number of unbranched alkanes of at least 4 members (excludes halogenated alkanes) is 2. The molecule has 8 nitrogen and oxygen atoms in total. The van der Waals surface area contributed by atoms with Gasteiger partial charge >= 0.3 is 12.0 Å². The molecule has 2 aliphatic carbocycles. The highest BCUT2D eigenvalue weighted by molar-refractivity contribution is 6.06. The van der Waals surface area contributed by atoms with Crippen LogP contribution in [-0.4, -0.2) is 77.3 Å². The molecular weight excluding hydrogens is 458 g/mol. The minimum Gasteiger partial charge on any atom is -0.464 e. The molecule has 0 bridgehead atoms. The maximum absolute atomic E-state index is 13.0. The number of piperazine rings is 1. The fourth-order valence-electron chi connectivity index (χ4n) is 6.31. The molecule has 8 heteroatoms. The smallest absolute Gasteiger partial charge is 0.329 e. The van der Waals surface area contributed by atoms with Crippen LogP contribution in [0.3, 0.4) is 0 Å². The fraction of sp³-hybridized carbons (Fsp3) is 0.857. The SMILES string of the molecule is O=C(OCC1CCCCC1)C1CC(=O)N1C(=O)N1CCN(C(=O)CCCCCC2CCCCC2)CC1. The van der Waals surface area contributed by atoms with Gasteiger partial charge in [0.1, 0.15) is 6.04 Å². The van der Waals surface area contributed by atoms with Crippen LogP contribution in [0, 0.1) is 11.8 Å². The van der Waals surface area contributed by atoms with E-state index < -0.39 is 18.0 Å². The zero-order valence-electron chi connectivity index (χ0n) is 22.0. The van der Waals surface area contributed by atoms with Gasteiger partial charge in [-0.1, -0.05) is 70.6 Å². The number of imide groups is 1. The van der Waals surface area contributed by atoms with E-state index in [2.05, 4.69) is 0 Å². The number of amides is 4. The van der Waals surface area contributed by atoms with E-state index in [0.29, 0.717) is 45.1 Å². The Labute approximate surface area is 216 Å². The van der Waals surface area contributed by atoms with Gasteiger partial charge in [0.05, 0.1) is 13.0 Å². The molecule has 36 heavy (non-hydrogen) atoms. The van der Waals surface area contributed by atoms with E-state index in [1.165, 1.54) is 64.2 Å². The Morgan fingerprint density at radius 1 is 0.750 bits per heavy atom. The van der Waals surface area contributed by atoms with Crippen molar-refractivity contribution in [3.63, 3.8) is 0 Å². The summed E-state index contributed by atoms with van der Waals surface area (Å²) >= 11 is 0. The maximum Gasteiger partial charge on any atom is 0.329 e. The minimum absolute atomic E-state index is 0.0361. The lowest BCUT2D eigenvalue weighted by Gasteiger charge is -2.42. The second-order valence-electron chi connectivity index (χ2n) is 11.4. The van der Waals surface area contributed by atoms with Gasteiger partial charge in [-0.3, -0.25) is 9.59 Å². The number of esters is 1. The van der Waals surface area contributed by atoms with Crippen molar-refractivity contribution < 1.29 is 23.9 Å². The molecule has 1 unspecified atom stereocenters. The molecule has 2 aliphatic heterocycles. The molecule has 202 valence electrons. The van der Waals surface area contributed by atoms with Crippen molar-refractivity contribution in [1.82, 2.24) is 14.7 Å². The second-order valence-corrected chi connectivity index (χ2v) is 11.4. The van der Waals surface area contributed by atoms with Gasteiger partial charge in [-0.25, -0.2) is 14.5 Å². The molecular formula is C28H45N3O5. The standard InChI is InChI=1S/C28H45N3O5/c32-25(15-9-3-6-12-22-10-4-1-5-11-22)29-16-18-30(19-17-29)28(35)31-24(20-26(31)33)27(34)36-21-23-13-7-2-8-14-23/h22-24H,1-21H2. The molecule has 0 N–H and O–H groups in total. The topological polar surface area (TPSA) is 87.2 Å². The van der Waals surface area contributed by atoms with Crippen LogP contribution in [0.4, 0.5) is 4.79 Å². The van der Waals surface area contributed by atoms with Crippen molar-refractivity contribution in [3.05, 3.63) is 0 Å². The van der Waals surface area contributed by atoms with Crippen molar-refractivity contribution in [3.8, 4) is 0 Å². The monoisotopic (exact) mass is 503 g/mol. The van der Waals surface area contributed by atoms with E-state index in [9.17, 15) is 19.2 Å². The summed E-state index contributed by atoms with van der Waals surface area (Å²) in [6, 6.07) is -1.23. The van der Waals surface area contributed by atoms with Crippen molar-refractivity contribution >= 4 is 23.8 Å². The second kappa shape index (κ2) is 13.4. The zero-order valence-corrected chi connectivity index (χ0v) is 22.0. The first-order chi connectivity index (χ1) is 17.5. The third kappa shape index (κ3) is 7.22. The summed E-state index contributed by atoms with van der Waals surface area (Å²) in [6.07, 6.45) is 17.8. The zero-order chi connectivity index (χ0) is 25.3. The van der Waals surface area contributed by atoms with Crippen LogP contribution in [0.1, 0.15) is 103 Å². The van der Waals surface area contributed by atoms with Gasteiger partial charge in [0.15, 0.2) is 0 Å². The number of hydrogen-bond donors (Lipinski definition) is 0. The Hall–Kier alpha value is -2.12. The molecule has 4 aliphatic rings. The van der Waals surface area contributed by atoms with Crippen molar-refractivity contribution in [2.75, 3.05) is 32.8 Å². The van der Waals surface area contributed by atoms with Gasteiger partial charge in [0.2, 0.25) is 11.8 Å². The third-order valence-corrected chi connectivity index (χ3v) is 8.74. The highest BCUT2D eigenvalue weighted by atomic mass is 16.5. The van der Waals surface area contributed by atoms with Gasteiger partial charge in [-0.05, 0) is 31.1 Å². The van der Waals surface area contributed by atoms with Gasteiger partial charge in [0.25, 0.3) is 0 Å². The highest BCUT2D eigenvalue weighted by Crippen LogP contribution is 2.29. The van der Waals surface area contributed by atoms with E-state index in [-0.39, 0.29) is 18.2 Å². The molecule has 2 saturated carbocycles. The lowest BCUT2D eigenvalue weighted by Crippen LogP contribution is -2.64. The van der Waals surface area contributed by atoms with Gasteiger partial charge in [-0.15, -0.1) is 0 Å². The predicted molar refractivity (Wildman–Crippen MR) is 136 cm³/mol. The fourth-order valence-corrected chi connectivity index (χ4v) is 6.31. The summed E-state index contributed by atoms with van der Waals surface area (Å²) in [5.74, 6) is 0.656. The Morgan fingerprint density at radius 2 is 1.36 bits per heavy atom. The van der Waals surface area contributed by atoms with E-state index in [1.54, 1.807) is 4.90 Å². The molecule has 0 radical (unpaired) electrons. The van der Waals surface area contributed by atoms with Gasteiger partial charge in [0, 0.05) is 32.6 Å². The summed E-state index contributed by atoms with van der Waals surface area (Å²) in [6.45, 7) is 2.11. The van der Waals surface area contributed by atoms with Crippen molar-refractivity contribution in [2.24, 2.45) is 11.8 Å². The van der Waals surface area contributed by atoms with Crippen LogP contribution < -0.4 is 0 Å². The van der Waals surface area contributed by atoms with E-state index in [1.807, 2.05) is 4.90 Å². The van der Waals surface area contributed by atoms with Crippen LogP contribution in [0.5, 0.6) is 0 Å². The average Bonchev–Trinajstić information content (AvgIpc) is 2.91. The van der Waals surface area contributed by atoms with Gasteiger partial charge in [-0.2, -0.15) is 0 Å². The Kier molecular flexibility index (Phi) is 10.0. The number of carbonyl (C=O) groups is 4. The summed E-state index contributed by atoms with van der Waals surface area (Å²) in [4.78, 5) is 54.8. The first-order valence-corrected chi connectivity index (χ1v) is 14.6. The quantitative estimate of drug-likeness (QED) is 0.263. The first kappa shape index (κ1) is 26.9. The van der Waals surface area contributed by atoms with Crippen LogP contribution >= 0.6 is 0 Å². The van der Waals surface area contributed by atoms with E-state index in [0.717, 1.165) is 36.5 Å². The van der Waals surface area contributed by atoms with Gasteiger partial charge < -0.3 is 14.5 Å². The van der Waals surface area contributed by atoms with Crippen LogP contribution in [0.15, 0.2) is 0 Å². The van der Waals surface area contributed by atoms with Crippen molar-refractivity contribution in [1.29, 1.82) is 0 Å². The molecule has 4 amide bonds. The third-order valence-electron chi connectivity index (χ3n) is 8.74.